The highest BCUT2D eigenvalue weighted by Gasteiger charge is 2.18. The van der Waals surface area contributed by atoms with Crippen LogP contribution in [0.15, 0.2) is 85.1 Å². The molecule has 0 saturated heterocycles. The molecule has 8 heteroatoms. The second kappa shape index (κ2) is 9.13. The SMILES string of the molecule is Cc1ccc(NC(=O)c2ccn(COc3ccc(-c4ccccc4)cc3)n2)c([N+](=O)[O-])c1. The number of carbonyl (C=O) groups is 1. The number of hydrogen-bond acceptors (Lipinski definition) is 5. The number of carbonyl (C=O) groups excluding carboxylic acids is 1. The first-order chi connectivity index (χ1) is 15.5. The van der Waals surface area contributed by atoms with E-state index in [0.29, 0.717) is 5.75 Å². The number of aromatic nitrogens is 2. The van der Waals surface area contributed by atoms with Gasteiger partial charge in [0.2, 0.25) is 0 Å². The molecule has 32 heavy (non-hydrogen) atoms. The van der Waals surface area contributed by atoms with Crippen LogP contribution >= 0.6 is 0 Å². The molecule has 4 aromatic rings. The normalized spacial score (nSPS) is 10.5. The molecule has 3 aromatic carbocycles. The molecule has 0 saturated carbocycles. The molecule has 0 atom stereocenters. The van der Waals surface area contributed by atoms with E-state index in [1.54, 1.807) is 19.2 Å². The molecule has 0 unspecified atom stereocenters. The number of anilines is 1. The van der Waals surface area contributed by atoms with E-state index in [4.69, 9.17) is 4.74 Å². The van der Waals surface area contributed by atoms with Crippen molar-refractivity contribution in [1.29, 1.82) is 0 Å². The van der Waals surface area contributed by atoms with Crippen LogP contribution in [0.2, 0.25) is 0 Å². The highest BCUT2D eigenvalue weighted by Crippen LogP contribution is 2.26. The maximum absolute atomic E-state index is 12.5. The molecule has 1 heterocycles. The molecule has 1 amide bonds. The smallest absolute Gasteiger partial charge is 0.293 e. The number of nitrogens with zero attached hydrogens (tertiary/aromatic N) is 3. The third-order valence-corrected chi connectivity index (χ3v) is 4.80. The molecule has 160 valence electrons. The Balaban J connectivity index is 1.38. The molecule has 0 radical (unpaired) electrons. The lowest BCUT2D eigenvalue weighted by molar-refractivity contribution is -0.384. The first-order valence-corrected chi connectivity index (χ1v) is 9.88. The first kappa shape index (κ1) is 20.8. The number of ether oxygens (including phenoxy) is 1. The van der Waals surface area contributed by atoms with Crippen molar-refractivity contribution >= 4 is 17.3 Å². The van der Waals surface area contributed by atoms with Crippen molar-refractivity contribution in [3.05, 3.63) is 106 Å². The molecule has 4 rings (SSSR count). The molecular formula is C24H20N4O4. The van der Waals surface area contributed by atoms with E-state index < -0.39 is 10.8 Å². The topological polar surface area (TPSA) is 99.3 Å². The summed E-state index contributed by atoms with van der Waals surface area (Å²) in [6.45, 7) is 1.86. The highest BCUT2D eigenvalue weighted by atomic mass is 16.6. The van der Waals surface area contributed by atoms with Gasteiger partial charge in [-0.05, 0) is 47.9 Å². The van der Waals surface area contributed by atoms with Crippen LogP contribution in [0.3, 0.4) is 0 Å². The van der Waals surface area contributed by atoms with Crippen LogP contribution in [0.4, 0.5) is 11.4 Å². The fourth-order valence-corrected chi connectivity index (χ4v) is 3.15. The Morgan fingerprint density at radius 3 is 2.47 bits per heavy atom. The van der Waals surface area contributed by atoms with E-state index in [2.05, 4.69) is 10.4 Å². The summed E-state index contributed by atoms with van der Waals surface area (Å²) in [6.07, 6.45) is 1.61. The summed E-state index contributed by atoms with van der Waals surface area (Å²) in [5.41, 5.74) is 3.02. The molecule has 0 aliphatic carbocycles. The molecule has 0 fully saturated rings. The Labute approximate surface area is 184 Å². The van der Waals surface area contributed by atoms with Gasteiger partial charge >= 0.3 is 0 Å². The third kappa shape index (κ3) is 4.81. The van der Waals surface area contributed by atoms with E-state index in [1.165, 1.54) is 22.9 Å². The highest BCUT2D eigenvalue weighted by molar-refractivity contribution is 6.04. The standard InChI is InChI=1S/C24H20N4O4/c1-17-7-12-21(23(15-17)28(30)31)25-24(29)22-13-14-27(26-22)16-32-20-10-8-19(9-11-20)18-5-3-2-4-6-18/h2-15H,16H2,1H3,(H,25,29). The van der Waals surface area contributed by atoms with Gasteiger partial charge in [0, 0.05) is 12.3 Å². The Kier molecular flexibility index (Phi) is 5.94. The zero-order valence-electron chi connectivity index (χ0n) is 17.3. The van der Waals surface area contributed by atoms with Crippen molar-refractivity contribution in [3.8, 4) is 16.9 Å². The number of nitro benzene ring substituents is 1. The van der Waals surface area contributed by atoms with Crippen LogP contribution in [0.25, 0.3) is 11.1 Å². The lowest BCUT2D eigenvalue weighted by Gasteiger charge is -2.08. The maximum Gasteiger partial charge on any atom is 0.293 e. The van der Waals surface area contributed by atoms with Crippen molar-refractivity contribution in [3.63, 3.8) is 0 Å². The van der Waals surface area contributed by atoms with Crippen molar-refractivity contribution in [2.75, 3.05) is 5.32 Å². The van der Waals surface area contributed by atoms with E-state index in [-0.39, 0.29) is 23.8 Å². The van der Waals surface area contributed by atoms with Crippen molar-refractivity contribution in [2.45, 2.75) is 13.7 Å². The third-order valence-electron chi connectivity index (χ3n) is 4.80. The number of rotatable bonds is 7. The summed E-state index contributed by atoms with van der Waals surface area (Å²) in [7, 11) is 0. The predicted octanol–water partition coefficient (Wildman–Crippen LogP) is 5.06. The molecule has 8 nitrogen and oxygen atoms in total. The molecule has 0 aliphatic heterocycles. The second-order valence-electron chi connectivity index (χ2n) is 7.14. The number of nitro groups is 1. The summed E-state index contributed by atoms with van der Waals surface area (Å²) >= 11 is 0. The van der Waals surface area contributed by atoms with Crippen LogP contribution in [0.5, 0.6) is 5.75 Å². The van der Waals surface area contributed by atoms with Crippen molar-refractivity contribution < 1.29 is 14.5 Å². The van der Waals surface area contributed by atoms with Crippen LogP contribution in [-0.2, 0) is 6.73 Å². The van der Waals surface area contributed by atoms with Gasteiger partial charge in [0.05, 0.1) is 4.92 Å². The number of nitrogens with one attached hydrogen (secondary N) is 1. The number of hydrogen-bond donors (Lipinski definition) is 1. The summed E-state index contributed by atoms with van der Waals surface area (Å²) in [6, 6.07) is 23.8. The number of aryl methyl sites for hydroxylation is 1. The molecule has 1 N–H and O–H groups in total. The quantitative estimate of drug-likeness (QED) is 0.328. The van der Waals surface area contributed by atoms with E-state index >= 15 is 0 Å². The maximum atomic E-state index is 12.5. The number of benzene rings is 3. The van der Waals surface area contributed by atoms with Crippen LogP contribution in [0, 0.1) is 17.0 Å². The summed E-state index contributed by atoms with van der Waals surface area (Å²) in [5, 5.41) is 18.0. The Bertz CT molecular complexity index is 1250. The Morgan fingerprint density at radius 2 is 1.75 bits per heavy atom. The Hall–Kier alpha value is -4.46. The average Bonchev–Trinajstić information content (AvgIpc) is 3.29. The van der Waals surface area contributed by atoms with Crippen LogP contribution in [0.1, 0.15) is 16.1 Å². The van der Waals surface area contributed by atoms with Gasteiger partial charge in [0.1, 0.15) is 11.4 Å². The zero-order valence-corrected chi connectivity index (χ0v) is 17.3. The van der Waals surface area contributed by atoms with E-state index in [0.717, 1.165) is 16.7 Å². The molecule has 1 aromatic heterocycles. The predicted molar refractivity (Wildman–Crippen MR) is 121 cm³/mol. The number of amides is 1. The van der Waals surface area contributed by atoms with Gasteiger partial charge in [0.15, 0.2) is 12.4 Å². The van der Waals surface area contributed by atoms with Crippen LogP contribution < -0.4 is 10.1 Å². The lowest BCUT2D eigenvalue weighted by Crippen LogP contribution is -2.15. The molecule has 0 spiro atoms. The van der Waals surface area contributed by atoms with Gasteiger partial charge in [-0.25, -0.2) is 4.68 Å². The minimum absolute atomic E-state index is 0.114. The summed E-state index contributed by atoms with van der Waals surface area (Å²) in [5.74, 6) is 0.129. The van der Waals surface area contributed by atoms with Gasteiger partial charge in [-0.15, -0.1) is 0 Å². The van der Waals surface area contributed by atoms with Gasteiger partial charge in [-0.1, -0.05) is 48.5 Å². The fraction of sp³-hybridized carbons (Fsp3) is 0.0833. The first-order valence-electron chi connectivity index (χ1n) is 9.88. The Morgan fingerprint density at radius 1 is 1.03 bits per heavy atom. The largest absolute Gasteiger partial charge is 0.471 e. The monoisotopic (exact) mass is 428 g/mol. The van der Waals surface area contributed by atoms with E-state index in [9.17, 15) is 14.9 Å². The van der Waals surface area contributed by atoms with E-state index in [1.807, 2.05) is 54.6 Å². The molecule has 0 bridgehead atoms. The fourth-order valence-electron chi connectivity index (χ4n) is 3.15. The summed E-state index contributed by atoms with van der Waals surface area (Å²) < 4.78 is 7.21. The zero-order chi connectivity index (χ0) is 22.5. The van der Waals surface area contributed by atoms with Gasteiger partial charge < -0.3 is 10.1 Å². The minimum Gasteiger partial charge on any atom is -0.471 e. The van der Waals surface area contributed by atoms with Crippen LogP contribution in [-0.4, -0.2) is 20.6 Å². The second-order valence-corrected chi connectivity index (χ2v) is 7.14. The average molecular weight is 428 g/mol. The van der Waals surface area contributed by atoms with Gasteiger partial charge in [-0.3, -0.25) is 14.9 Å². The molecular weight excluding hydrogens is 408 g/mol. The van der Waals surface area contributed by atoms with Crippen molar-refractivity contribution in [2.24, 2.45) is 0 Å². The lowest BCUT2D eigenvalue weighted by atomic mass is 10.1. The van der Waals surface area contributed by atoms with Gasteiger partial charge in [0.25, 0.3) is 11.6 Å². The van der Waals surface area contributed by atoms with Crippen molar-refractivity contribution in [1.82, 2.24) is 9.78 Å². The van der Waals surface area contributed by atoms with Gasteiger partial charge in [-0.2, -0.15) is 5.10 Å². The summed E-state index contributed by atoms with van der Waals surface area (Å²) in [4.78, 5) is 23.2. The minimum atomic E-state index is -0.539. The molecule has 0 aliphatic rings.